The first-order chi connectivity index (χ1) is 35.8. The molecule has 3 nitrogen and oxygen atoms in total. The molecule has 8 aromatic rings. The van der Waals surface area contributed by atoms with Gasteiger partial charge in [-0.25, -0.2) is 0 Å². The van der Waals surface area contributed by atoms with Gasteiger partial charge in [-0.05, 0) is 193 Å². The maximum atomic E-state index is 2.72. The van der Waals surface area contributed by atoms with Crippen LogP contribution in [0, 0.1) is 6.92 Å². The van der Waals surface area contributed by atoms with Crippen molar-refractivity contribution in [3.05, 3.63) is 219 Å². The van der Waals surface area contributed by atoms with Gasteiger partial charge in [0.1, 0.15) is 0 Å². The zero-order chi connectivity index (χ0) is 53.6. The van der Waals surface area contributed by atoms with E-state index in [-0.39, 0.29) is 38.4 Å². The number of fused-ring (bicyclic) bond motifs is 6. The molecule has 0 saturated carbocycles. The van der Waals surface area contributed by atoms with Crippen molar-refractivity contribution in [1.82, 2.24) is 0 Å². The molecule has 0 radical (unpaired) electrons. The number of para-hydroxylation sites is 2. The Labute approximate surface area is 455 Å². The third-order valence-electron chi connectivity index (χ3n) is 18.3. The first-order valence-corrected chi connectivity index (χ1v) is 28.2. The largest absolute Gasteiger partial charge is 0.310 e. The highest BCUT2D eigenvalue weighted by molar-refractivity contribution is 6.00. The van der Waals surface area contributed by atoms with Crippen LogP contribution in [0.3, 0.4) is 0 Å². The molecular weight excluding hydrogens is 919 g/mol. The zero-order valence-electron chi connectivity index (χ0n) is 48.1. The molecule has 8 aromatic carbocycles. The van der Waals surface area contributed by atoms with Gasteiger partial charge in [-0.3, -0.25) is 0 Å². The minimum Gasteiger partial charge on any atom is -0.310 e. The monoisotopic (exact) mass is 998 g/mol. The number of aryl methyl sites for hydroxylation is 1. The van der Waals surface area contributed by atoms with Crippen molar-refractivity contribution >= 4 is 51.2 Å². The van der Waals surface area contributed by atoms with E-state index in [1.54, 1.807) is 0 Å². The van der Waals surface area contributed by atoms with Gasteiger partial charge in [-0.1, -0.05) is 182 Å². The second kappa shape index (κ2) is 17.1. The van der Waals surface area contributed by atoms with Crippen molar-refractivity contribution in [3.8, 4) is 11.1 Å². The molecule has 12 rings (SSSR count). The third-order valence-corrected chi connectivity index (χ3v) is 18.3. The van der Waals surface area contributed by atoms with Gasteiger partial charge in [0.15, 0.2) is 0 Å². The van der Waals surface area contributed by atoms with E-state index in [0.29, 0.717) is 0 Å². The van der Waals surface area contributed by atoms with Crippen LogP contribution in [-0.2, 0) is 32.5 Å². The molecule has 0 saturated heterocycles. The van der Waals surface area contributed by atoms with E-state index in [1.807, 2.05) is 0 Å². The van der Waals surface area contributed by atoms with Gasteiger partial charge in [0.2, 0.25) is 0 Å². The van der Waals surface area contributed by atoms with Gasteiger partial charge in [-0.15, -0.1) is 0 Å². The molecule has 0 amide bonds. The highest BCUT2D eigenvalue weighted by atomic mass is 15.2. The lowest BCUT2D eigenvalue weighted by atomic mass is 9.62. The molecular formula is C73H79N3. The Kier molecular flexibility index (Phi) is 11.2. The number of nitrogens with zero attached hydrogens (tertiary/aromatic N) is 3. The molecule has 0 spiro atoms. The lowest BCUT2D eigenvalue weighted by Crippen LogP contribution is -2.35. The predicted molar refractivity (Wildman–Crippen MR) is 325 cm³/mol. The molecule has 3 heteroatoms. The number of benzene rings is 8. The van der Waals surface area contributed by atoms with E-state index in [2.05, 4.69) is 282 Å². The Bertz CT molecular complexity index is 3560. The molecule has 2 heterocycles. The summed E-state index contributed by atoms with van der Waals surface area (Å²) in [6.45, 7) is 36.4. The first-order valence-electron chi connectivity index (χ1n) is 28.2. The Morgan fingerprint density at radius 3 is 1.45 bits per heavy atom. The van der Waals surface area contributed by atoms with Crippen LogP contribution < -0.4 is 14.7 Å². The summed E-state index contributed by atoms with van der Waals surface area (Å²) in [4.78, 5) is 7.87. The van der Waals surface area contributed by atoms with Crippen LogP contribution in [0.2, 0.25) is 0 Å². The highest BCUT2D eigenvalue weighted by Gasteiger charge is 2.48. The molecule has 0 N–H and O–H groups in total. The van der Waals surface area contributed by atoms with Gasteiger partial charge in [0.25, 0.3) is 0 Å². The fourth-order valence-corrected chi connectivity index (χ4v) is 14.1. The molecule has 4 aliphatic rings. The fourth-order valence-electron chi connectivity index (χ4n) is 14.1. The Balaban J connectivity index is 1.24. The third kappa shape index (κ3) is 7.96. The van der Waals surface area contributed by atoms with Gasteiger partial charge in [-0.2, -0.15) is 0 Å². The van der Waals surface area contributed by atoms with Crippen LogP contribution in [0.25, 0.3) is 11.1 Å². The van der Waals surface area contributed by atoms with Gasteiger partial charge in [0, 0.05) is 39.8 Å². The van der Waals surface area contributed by atoms with E-state index in [4.69, 9.17) is 0 Å². The van der Waals surface area contributed by atoms with Crippen molar-refractivity contribution in [1.29, 1.82) is 0 Å². The summed E-state index contributed by atoms with van der Waals surface area (Å²) < 4.78 is 0. The van der Waals surface area contributed by atoms with Crippen molar-refractivity contribution in [2.75, 3.05) is 14.7 Å². The van der Waals surface area contributed by atoms with Crippen molar-refractivity contribution in [2.24, 2.45) is 0 Å². The van der Waals surface area contributed by atoms with Crippen LogP contribution in [0.5, 0.6) is 0 Å². The van der Waals surface area contributed by atoms with E-state index < -0.39 is 0 Å². The molecule has 1 atom stereocenters. The second-order valence-electron chi connectivity index (χ2n) is 27.7. The molecule has 0 aromatic heterocycles. The first kappa shape index (κ1) is 50.0. The van der Waals surface area contributed by atoms with Gasteiger partial charge in [0.05, 0.1) is 28.4 Å². The summed E-state index contributed by atoms with van der Waals surface area (Å²) >= 11 is 0. The van der Waals surface area contributed by atoms with Crippen LogP contribution in [0.4, 0.5) is 51.2 Å². The summed E-state index contributed by atoms with van der Waals surface area (Å²) in [5.41, 5.74) is 27.3. The van der Waals surface area contributed by atoms with Crippen molar-refractivity contribution in [3.63, 3.8) is 0 Å². The summed E-state index contributed by atoms with van der Waals surface area (Å²) in [6.07, 6.45) is 3.42. The molecule has 76 heavy (non-hydrogen) atoms. The Morgan fingerprint density at radius 2 is 0.882 bits per heavy atom. The lowest BCUT2D eigenvalue weighted by molar-refractivity contribution is 0.332. The summed E-state index contributed by atoms with van der Waals surface area (Å²) in [7, 11) is 0. The summed E-state index contributed by atoms with van der Waals surface area (Å²) in [5.74, 6) is -0.0722. The Hall–Kier alpha value is -6.84. The molecule has 0 fully saturated rings. The van der Waals surface area contributed by atoms with E-state index >= 15 is 0 Å². The number of hydrogen-bond donors (Lipinski definition) is 0. The molecule has 0 bridgehead atoms. The maximum absolute atomic E-state index is 2.72. The van der Waals surface area contributed by atoms with E-state index in [0.717, 1.165) is 29.9 Å². The number of hydrogen-bond acceptors (Lipinski definition) is 3. The highest BCUT2D eigenvalue weighted by Crippen LogP contribution is 2.65. The lowest BCUT2D eigenvalue weighted by Gasteiger charge is -2.48. The van der Waals surface area contributed by atoms with Gasteiger partial charge >= 0.3 is 0 Å². The predicted octanol–water partition coefficient (Wildman–Crippen LogP) is 20.8. The summed E-state index contributed by atoms with van der Waals surface area (Å²) in [6, 6.07) is 63.5. The minimum atomic E-state index is -0.159. The van der Waals surface area contributed by atoms with Crippen molar-refractivity contribution < 1.29 is 0 Å². The number of rotatable bonds is 6. The molecule has 1 unspecified atom stereocenters. The fraction of sp³-hybridized carbons (Fsp3) is 0.342. The molecule has 386 valence electrons. The minimum absolute atomic E-state index is 0.00886. The van der Waals surface area contributed by atoms with E-state index in [1.165, 1.54) is 107 Å². The Morgan fingerprint density at radius 1 is 0.408 bits per heavy atom. The van der Waals surface area contributed by atoms with Crippen LogP contribution in [0.15, 0.2) is 164 Å². The average Bonchev–Trinajstić information content (AvgIpc) is 3.65. The van der Waals surface area contributed by atoms with Crippen molar-refractivity contribution in [2.45, 2.75) is 162 Å². The van der Waals surface area contributed by atoms with Crippen LogP contribution in [0.1, 0.15) is 178 Å². The maximum Gasteiger partial charge on any atom is 0.0540 e. The van der Waals surface area contributed by atoms with E-state index in [9.17, 15) is 0 Å². The smallest absolute Gasteiger partial charge is 0.0540 e. The zero-order valence-corrected chi connectivity index (χ0v) is 48.1. The van der Waals surface area contributed by atoms with Crippen LogP contribution >= 0.6 is 0 Å². The topological polar surface area (TPSA) is 9.72 Å². The van der Waals surface area contributed by atoms with Gasteiger partial charge < -0.3 is 14.7 Å². The SMILES string of the molecule is Cc1cc2c(cc1N1c3ccc(N(c4ccccc4)c4ccccc4)cc3C3c4cc5c(cc4N(c4ccc(C(C)(C)C)cc4-c4ccccc4)c4cc(C(C)(C)C)cc1c43)C(C)(C)CC5(C)C)C(C)(C)CCC2(C)C. The normalized spacial score (nSPS) is 18.3. The summed E-state index contributed by atoms with van der Waals surface area (Å²) in [5, 5.41) is 0. The average molecular weight is 998 g/mol. The van der Waals surface area contributed by atoms with Crippen LogP contribution in [-0.4, -0.2) is 0 Å². The quantitative estimate of drug-likeness (QED) is 0.164. The molecule has 2 aliphatic heterocycles. The molecule has 2 aliphatic carbocycles. The number of anilines is 9. The second-order valence-corrected chi connectivity index (χ2v) is 27.7. The standard InChI is InChI=1S/C73H79N3/c1-46-37-56-58(71(10,11)36-35-70(56,8)9)43-62(46)75-61-34-32-52(74(50-27-21-17-22-28-50)51-29-23-18-24-30-51)41-54(61)66-55-42-57-59(73(14,15)45-72(57,12)13)44-63(55)76(65-40-49(69(5,6)7)39-64(75)67(65)66)60-33-31-48(68(2,3)4)38-53(60)47-25-19-16-20-26-47/h16-34,37-44,66H,35-36,45H2,1-15H3.